The predicted molar refractivity (Wildman–Crippen MR) is 107 cm³/mol. The van der Waals surface area contributed by atoms with Gasteiger partial charge in [0.05, 0.1) is 26.5 Å². The van der Waals surface area contributed by atoms with Crippen molar-refractivity contribution in [2.24, 2.45) is 0 Å². The summed E-state index contributed by atoms with van der Waals surface area (Å²) in [5.74, 6) is 3.50. The van der Waals surface area contributed by atoms with E-state index in [0.717, 1.165) is 46.7 Å². The van der Waals surface area contributed by atoms with Gasteiger partial charge in [-0.05, 0) is 36.2 Å². The number of unbranched alkanes of at least 4 members (excludes halogenated alkanes) is 1. The van der Waals surface area contributed by atoms with E-state index in [4.69, 9.17) is 18.9 Å². The van der Waals surface area contributed by atoms with Gasteiger partial charge in [-0.25, -0.2) is 0 Å². The Hall–Kier alpha value is -2.73. The van der Waals surface area contributed by atoms with Crippen molar-refractivity contribution in [3.8, 4) is 51.1 Å². The van der Waals surface area contributed by atoms with Gasteiger partial charge in [0.25, 0.3) is 0 Å². The molecule has 140 valence electrons. The van der Waals surface area contributed by atoms with Crippen LogP contribution >= 0.6 is 11.5 Å². The molecule has 0 saturated carbocycles. The fourth-order valence-corrected chi connectivity index (χ4v) is 3.80. The molecule has 2 heterocycles. The number of ether oxygens (including phenoxy) is 4. The normalized spacial score (nSPS) is 11.5. The van der Waals surface area contributed by atoms with Crippen LogP contribution < -0.4 is 18.9 Å². The number of benzene rings is 2. The fourth-order valence-electron chi connectivity index (χ4n) is 3.10. The topological polar surface area (TPSA) is 49.8 Å². The minimum absolute atomic E-state index is 0.617. The summed E-state index contributed by atoms with van der Waals surface area (Å²) < 4.78 is 27.6. The Morgan fingerprint density at radius 3 is 2.52 bits per heavy atom. The summed E-state index contributed by atoms with van der Waals surface area (Å²) in [6, 6.07) is 9.72. The number of rotatable bonds is 6. The highest BCUT2D eigenvalue weighted by Crippen LogP contribution is 2.50. The molecule has 0 N–H and O–H groups in total. The predicted octanol–water partition coefficient (Wildman–Crippen LogP) is 5.78. The van der Waals surface area contributed by atoms with Gasteiger partial charge in [-0.15, -0.1) is 0 Å². The van der Waals surface area contributed by atoms with Crippen LogP contribution in [0.5, 0.6) is 28.7 Å². The van der Waals surface area contributed by atoms with E-state index in [1.165, 1.54) is 11.5 Å². The number of fused-ring (bicyclic) bond motifs is 5. The molecular weight excluding hydrogens is 362 g/mol. The molecule has 0 atom stereocenters. The number of hydrogen-bond acceptors (Lipinski definition) is 6. The lowest BCUT2D eigenvalue weighted by atomic mass is 10.0. The van der Waals surface area contributed by atoms with E-state index >= 15 is 0 Å². The first-order valence-electron chi connectivity index (χ1n) is 8.91. The van der Waals surface area contributed by atoms with E-state index in [1.54, 1.807) is 14.2 Å². The molecule has 2 aromatic carbocycles. The lowest BCUT2D eigenvalue weighted by Gasteiger charge is -2.14. The Morgan fingerprint density at radius 1 is 0.963 bits per heavy atom. The Bertz CT molecular complexity index is 967. The number of nitrogens with zero attached hydrogens (tertiary/aromatic N) is 1. The third-order valence-corrected chi connectivity index (χ3v) is 5.17. The number of hydrogen-bond donors (Lipinski definition) is 0. The minimum atomic E-state index is 0.617. The zero-order chi connectivity index (χ0) is 18.8. The average Bonchev–Trinajstić information content (AvgIpc) is 3.13. The molecule has 27 heavy (non-hydrogen) atoms. The van der Waals surface area contributed by atoms with E-state index in [9.17, 15) is 0 Å². The van der Waals surface area contributed by atoms with Crippen LogP contribution in [0.2, 0.25) is 0 Å². The second-order valence-electron chi connectivity index (χ2n) is 6.24. The second-order valence-corrected chi connectivity index (χ2v) is 6.87. The highest BCUT2D eigenvalue weighted by atomic mass is 32.1. The summed E-state index contributed by atoms with van der Waals surface area (Å²) in [5, 5.41) is 2.04. The molecule has 0 amide bonds. The van der Waals surface area contributed by atoms with Crippen molar-refractivity contribution >= 4 is 11.5 Å². The molecule has 1 aliphatic rings. The van der Waals surface area contributed by atoms with Crippen molar-refractivity contribution in [2.75, 3.05) is 20.8 Å². The highest BCUT2D eigenvalue weighted by molar-refractivity contribution is 7.04. The summed E-state index contributed by atoms with van der Waals surface area (Å²) in [5.41, 5.74) is 3.81. The van der Waals surface area contributed by atoms with Gasteiger partial charge in [-0.1, -0.05) is 13.3 Å². The van der Waals surface area contributed by atoms with Crippen molar-refractivity contribution in [2.45, 2.75) is 19.8 Å². The molecule has 0 saturated heterocycles. The van der Waals surface area contributed by atoms with Crippen LogP contribution in [0.3, 0.4) is 0 Å². The van der Waals surface area contributed by atoms with E-state index in [-0.39, 0.29) is 0 Å². The van der Waals surface area contributed by atoms with Gasteiger partial charge in [-0.2, -0.15) is 4.37 Å². The van der Waals surface area contributed by atoms with Crippen LogP contribution in [-0.2, 0) is 0 Å². The summed E-state index contributed by atoms with van der Waals surface area (Å²) in [6.07, 6.45) is 2.12. The molecule has 0 spiro atoms. The Balaban J connectivity index is 1.83. The van der Waals surface area contributed by atoms with Gasteiger partial charge in [-0.3, -0.25) is 0 Å². The first-order chi connectivity index (χ1) is 13.2. The van der Waals surface area contributed by atoms with E-state index in [1.807, 2.05) is 35.7 Å². The first kappa shape index (κ1) is 17.7. The molecule has 0 bridgehead atoms. The summed E-state index contributed by atoms with van der Waals surface area (Å²) in [4.78, 5) is 0. The van der Waals surface area contributed by atoms with Crippen LogP contribution in [0.4, 0.5) is 0 Å². The lowest BCUT2D eigenvalue weighted by molar-refractivity contribution is 0.308. The summed E-state index contributed by atoms with van der Waals surface area (Å²) >= 11 is 1.43. The molecule has 1 aliphatic heterocycles. The third-order valence-electron chi connectivity index (χ3n) is 4.54. The molecule has 0 unspecified atom stereocenters. The Morgan fingerprint density at radius 2 is 1.74 bits per heavy atom. The zero-order valence-electron chi connectivity index (χ0n) is 15.6. The molecule has 1 aromatic heterocycles. The standard InChI is InChI=1S/C21H21NO4S/c1-4-5-8-25-13-6-7-14-16-12-27-22-21(16)15-10-19(23-2)20(24-3)11-18(15)26-17(14)9-13/h6-7,9-12H,4-5,8H2,1-3H3. The highest BCUT2D eigenvalue weighted by Gasteiger charge is 2.25. The van der Waals surface area contributed by atoms with Crippen LogP contribution in [-0.4, -0.2) is 25.2 Å². The Labute approximate surface area is 162 Å². The van der Waals surface area contributed by atoms with E-state index < -0.39 is 0 Å². The van der Waals surface area contributed by atoms with Crippen LogP contribution in [0.1, 0.15) is 19.8 Å². The second kappa shape index (κ2) is 7.48. The fraction of sp³-hybridized carbons (Fsp3) is 0.286. The molecule has 3 aromatic rings. The molecule has 5 nitrogen and oxygen atoms in total. The first-order valence-corrected chi connectivity index (χ1v) is 9.74. The van der Waals surface area contributed by atoms with Crippen molar-refractivity contribution < 1.29 is 18.9 Å². The number of methoxy groups -OCH3 is 2. The van der Waals surface area contributed by atoms with Gasteiger partial charge in [0.2, 0.25) is 0 Å². The average molecular weight is 383 g/mol. The lowest BCUT2D eigenvalue weighted by Crippen LogP contribution is -1.97. The largest absolute Gasteiger partial charge is 0.493 e. The molecular formula is C21H21NO4S. The molecule has 6 heteroatoms. The Kier molecular flexibility index (Phi) is 4.90. The summed E-state index contributed by atoms with van der Waals surface area (Å²) in [6.45, 7) is 2.84. The molecule has 0 radical (unpaired) electrons. The molecule has 0 fully saturated rings. The molecule has 4 rings (SSSR count). The van der Waals surface area contributed by atoms with Crippen LogP contribution in [0, 0.1) is 0 Å². The molecule has 0 aliphatic carbocycles. The number of aromatic nitrogens is 1. The quantitative estimate of drug-likeness (QED) is 0.395. The minimum Gasteiger partial charge on any atom is -0.493 e. The zero-order valence-corrected chi connectivity index (χ0v) is 16.4. The van der Waals surface area contributed by atoms with Gasteiger partial charge in [0, 0.05) is 34.2 Å². The van der Waals surface area contributed by atoms with Crippen LogP contribution in [0.25, 0.3) is 22.4 Å². The van der Waals surface area contributed by atoms with Crippen molar-refractivity contribution in [3.05, 3.63) is 35.7 Å². The van der Waals surface area contributed by atoms with Gasteiger partial charge < -0.3 is 18.9 Å². The van der Waals surface area contributed by atoms with E-state index in [2.05, 4.69) is 11.3 Å². The van der Waals surface area contributed by atoms with Crippen molar-refractivity contribution in [3.63, 3.8) is 0 Å². The SMILES string of the molecule is CCCCOc1ccc2c(c1)Oc1cc(OC)c(OC)cc1-c1nscc1-2. The van der Waals surface area contributed by atoms with Crippen LogP contribution in [0.15, 0.2) is 35.7 Å². The van der Waals surface area contributed by atoms with E-state index in [0.29, 0.717) is 23.9 Å². The van der Waals surface area contributed by atoms with Crippen molar-refractivity contribution in [1.82, 2.24) is 4.37 Å². The van der Waals surface area contributed by atoms with Gasteiger partial charge >= 0.3 is 0 Å². The monoisotopic (exact) mass is 383 g/mol. The van der Waals surface area contributed by atoms with Gasteiger partial charge in [0.1, 0.15) is 17.2 Å². The smallest absolute Gasteiger partial charge is 0.164 e. The third kappa shape index (κ3) is 3.21. The maximum Gasteiger partial charge on any atom is 0.164 e. The van der Waals surface area contributed by atoms with Gasteiger partial charge in [0.15, 0.2) is 11.5 Å². The summed E-state index contributed by atoms with van der Waals surface area (Å²) in [7, 11) is 3.24. The van der Waals surface area contributed by atoms with Crippen molar-refractivity contribution in [1.29, 1.82) is 0 Å². The maximum absolute atomic E-state index is 6.28. The maximum atomic E-state index is 6.28.